The van der Waals surface area contributed by atoms with Crippen LogP contribution < -0.4 is 10.0 Å². The summed E-state index contributed by atoms with van der Waals surface area (Å²) in [6, 6.07) is 3.82. The molecule has 0 radical (unpaired) electrons. The number of hydrogen-bond donors (Lipinski definition) is 3. The van der Waals surface area contributed by atoms with Crippen LogP contribution in [0.15, 0.2) is 23.1 Å². The summed E-state index contributed by atoms with van der Waals surface area (Å²) in [5.74, 6) is -1.18. The largest absolute Gasteiger partial charge is 0.478 e. The minimum Gasteiger partial charge on any atom is -0.478 e. The topological polar surface area (TPSA) is 105 Å². The normalized spacial score (nSPS) is 12.9. The van der Waals surface area contributed by atoms with Crippen LogP contribution in [0.1, 0.15) is 24.2 Å². The molecule has 0 saturated heterocycles. The van der Waals surface area contributed by atoms with E-state index in [4.69, 9.17) is 9.84 Å². The van der Waals surface area contributed by atoms with Gasteiger partial charge < -0.3 is 15.2 Å². The number of ether oxygens (including phenoxy) is 1. The predicted octanol–water partition coefficient (Wildman–Crippen LogP) is 1.13. The lowest BCUT2D eigenvalue weighted by Gasteiger charge is -2.18. The Hall–Kier alpha value is -1.64. The standard InChI is InChI=1S/C13H20N2O5S/c1-4-14-21(18,19)12-7-10(13(16)17)5-6-11(12)15-9(2)8-20-3/h5-7,9,14-15H,4,8H2,1-3H3,(H,16,17)/t9-/m0/s1. The average Bonchev–Trinajstić information content (AvgIpc) is 2.38. The minimum absolute atomic E-state index is 0.0866. The molecule has 0 amide bonds. The third kappa shape index (κ3) is 4.69. The number of rotatable bonds is 8. The number of sulfonamides is 1. The van der Waals surface area contributed by atoms with Crippen LogP contribution in [0.3, 0.4) is 0 Å². The van der Waals surface area contributed by atoms with Crippen molar-refractivity contribution in [3.8, 4) is 0 Å². The van der Waals surface area contributed by atoms with Crippen LogP contribution >= 0.6 is 0 Å². The van der Waals surface area contributed by atoms with Crippen LogP contribution in [-0.4, -0.2) is 45.8 Å². The summed E-state index contributed by atoms with van der Waals surface area (Å²) in [7, 11) is -2.23. The van der Waals surface area contributed by atoms with Gasteiger partial charge in [0.25, 0.3) is 0 Å². The van der Waals surface area contributed by atoms with Crippen LogP contribution in [0.25, 0.3) is 0 Å². The molecule has 1 aromatic rings. The van der Waals surface area contributed by atoms with Gasteiger partial charge in [-0.25, -0.2) is 17.9 Å². The van der Waals surface area contributed by atoms with E-state index in [1.807, 2.05) is 6.92 Å². The molecule has 1 rings (SSSR count). The summed E-state index contributed by atoms with van der Waals surface area (Å²) < 4.78 is 31.7. The Morgan fingerprint density at radius 1 is 1.43 bits per heavy atom. The molecule has 0 bridgehead atoms. The lowest BCUT2D eigenvalue weighted by Crippen LogP contribution is -2.27. The van der Waals surface area contributed by atoms with Crippen molar-refractivity contribution in [3.63, 3.8) is 0 Å². The number of aromatic carboxylic acids is 1. The number of benzene rings is 1. The van der Waals surface area contributed by atoms with Crippen molar-refractivity contribution in [2.75, 3.05) is 25.6 Å². The zero-order chi connectivity index (χ0) is 16.0. The van der Waals surface area contributed by atoms with Gasteiger partial charge in [-0.1, -0.05) is 6.92 Å². The second-order valence-corrected chi connectivity index (χ2v) is 6.25. The average molecular weight is 316 g/mol. The molecule has 0 aromatic heterocycles. The van der Waals surface area contributed by atoms with Gasteiger partial charge in [0, 0.05) is 19.7 Å². The van der Waals surface area contributed by atoms with Gasteiger partial charge >= 0.3 is 5.97 Å². The maximum atomic E-state index is 12.2. The van der Waals surface area contributed by atoms with Gasteiger partial charge in [0.2, 0.25) is 10.0 Å². The zero-order valence-electron chi connectivity index (χ0n) is 12.2. The lowest BCUT2D eigenvalue weighted by atomic mass is 10.2. The van der Waals surface area contributed by atoms with Crippen molar-refractivity contribution in [1.29, 1.82) is 0 Å². The first kappa shape index (κ1) is 17.4. The molecule has 0 heterocycles. The van der Waals surface area contributed by atoms with Gasteiger partial charge in [0.05, 0.1) is 17.9 Å². The van der Waals surface area contributed by atoms with Crippen LogP contribution in [0.2, 0.25) is 0 Å². The first-order valence-corrected chi connectivity index (χ1v) is 7.92. The van der Waals surface area contributed by atoms with Gasteiger partial charge in [-0.15, -0.1) is 0 Å². The fourth-order valence-electron chi connectivity index (χ4n) is 1.82. The van der Waals surface area contributed by atoms with Crippen molar-refractivity contribution >= 4 is 21.7 Å². The second-order valence-electron chi connectivity index (χ2n) is 4.52. The van der Waals surface area contributed by atoms with Crippen molar-refractivity contribution < 1.29 is 23.1 Å². The molecule has 0 saturated carbocycles. The molecular weight excluding hydrogens is 296 g/mol. The van der Waals surface area contributed by atoms with Gasteiger partial charge in [0.15, 0.2) is 0 Å². The summed E-state index contributed by atoms with van der Waals surface area (Å²) in [5, 5.41) is 12.0. The number of methoxy groups -OCH3 is 1. The number of nitrogens with one attached hydrogen (secondary N) is 2. The maximum absolute atomic E-state index is 12.2. The smallest absolute Gasteiger partial charge is 0.335 e. The molecule has 0 unspecified atom stereocenters. The molecule has 0 aliphatic heterocycles. The summed E-state index contributed by atoms with van der Waals surface area (Å²) in [4.78, 5) is 10.9. The number of carboxylic acid groups (broad SMARTS) is 1. The first-order valence-electron chi connectivity index (χ1n) is 6.44. The minimum atomic E-state index is -3.77. The predicted molar refractivity (Wildman–Crippen MR) is 79.2 cm³/mol. The first-order chi connectivity index (χ1) is 9.81. The Balaban J connectivity index is 3.27. The highest BCUT2D eigenvalue weighted by Crippen LogP contribution is 2.23. The van der Waals surface area contributed by atoms with Crippen LogP contribution in [0.4, 0.5) is 5.69 Å². The molecule has 118 valence electrons. The van der Waals surface area contributed by atoms with Crippen LogP contribution in [-0.2, 0) is 14.8 Å². The third-order valence-corrected chi connectivity index (χ3v) is 4.26. The molecular formula is C13H20N2O5S. The number of anilines is 1. The van der Waals surface area contributed by atoms with E-state index >= 15 is 0 Å². The maximum Gasteiger partial charge on any atom is 0.335 e. The summed E-state index contributed by atoms with van der Waals surface area (Å²) in [5.41, 5.74) is 0.252. The molecule has 8 heteroatoms. The quantitative estimate of drug-likeness (QED) is 0.664. The highest BCUT2D eigenvalue weighted by molar-refractivity contribution is 7.89. The van der Waals surface area contributed by atoms with Gasteiger partial charge in [-0.2, -0.15) is 0 Å². The number of carbonyl (C=O) groups is 1. The molecule has 1 atom stereocenters. The Kier molecular flexibility index (Phi) is 6.13. The molecule has 0 aliphatic rings. The lowest BCUT2D eigenvalue weighted by molar-refractivity contribution is 0.0696. The Labute approximate surface area is 124 Å². The van der Waals surface area contributed by atoms with Crippen LogP contribution in [0, 0.1) is 0 Å². The Bertz CT molecular complexity index is 601. The fraction of sp³-hybridized carbons (Fsp3) is 0.462. The zero-order valence-corrected chi connectivity index (χ0v) is 13.0. The van der Waals surface area contributed by atoms with E-state index in [2.05, 4.69) is 10.0 Å². The van der Waals surface area contributed by atoms with E-state index in [1.54, 1.807) is 14.0 Å². The number of carboxylic acids is 1. The molecule has 7 nitrogen and oxygen atoms in total. The fourth-order valence-corrected chi connectivity index (χ4v) is 3.06. The Morgan fingerprint density at radius 2 is 2.10 bits per heavy atom. The van der Waals surface area contributed by atoms with Crippen molar-refractivity contribution in [3.05, 3.63) is 23.8 Å². The highest BCUT2D eigenvalue weighted by Gasteiger charge is 2.20. The SMILES string of the molecule is CCNS(=O)(=O)c1cc(C(=O)O)ccc1N[C@@H](C)COC. The number of hydrogen-bond acceptors (Lipinski definition) is 5. The van der Waals surface area contributed by atoms with Crippen LogP contribution in [0.5, 0.6) is 0 Å². The third-order valence-electron chi connectivity index (χ3n) is 2.67. The van der Waals surface area contributed by atoms with E-state index in [0.717, 1.165) is 6.07 Å². The molecule has 0 fully saturated rings. The van der Waals surface area contributed by atoms with Crippen molar-refractivity contribution in [2.45, 2.75) is 24.8 Å². The monoisotopic (exact) mass is 316 g/mol. The van der Waals surface area contributed by atoms with E-state index in [1.165, 1.54) is 12.1 Å². The molecule has 3 N–H and O–H groups in total. The second kappa shape index (κ2) is 7.39. The summed E-state index contributed by atoms with van der Waals surface area (Å²) in [6.07, 6.45) is 0. The van der Waals surface area contributed by atoms with Gasteiger partial charge in [-0.3, -0.25) is 0 Å². The van der Waals surface area contributed by atoms with E-state index < -0.39 is 16.0 Å². The van der Waals surface area contributed by atoms with Crippen molar-refractivity contribution in [2.24, 2.45) is 0 Å². The Morgan fingerprint density at radius 3 is 2.62 bits per heavy atom. The summed E-state index contributed by atoms with van der Waals surface area (Å²) >= 11 is 0. The molecule has 0 spiro atoms. The van der Waals surface area contributed by atoms with Gasteiger partial charge in [0.1, 0.15) is 4.90 Å². The van der Waals surface area contributed by atoms with E-state index in [0.29, 0.717) is 12.3 Å². The highest BCUT2D eigenvalue weighted by atomic mass is 32.2. The van der Waals surface area contributed by atoms with Gasteiger partial charge in [-0.05, 0) is 25.1 Å². The van der Waals surface area contributed by atoms with Crippen molar-refractivity contribution in [1.82, 2.24) is 4.72 Å². The molecule has 21 heavy (non-hydrogen) atoms. The van der Waals surface area contributed by atoms with E-state index in [-0.39, 0.29) is 23.0 Å². The molecule has 1 aromatic carbocycles. The molecule has 0 aliphatic carbocycles. The summed E-state index contributed by atoms with van der Waals surface area (Å²) in [6.45, 7) is 4.09. The van der Waals surface area contributed by atoms with E-state index in [9.17, 15) is 13.2 Å².